The van der Waals surface area contributed by atoms with Gasteiger partial charge in [-0.25, -0.2) is 14.4 Å². The molecule has 12 nitrogen and oxygen atoms in total. The average molecular weight is 348 g/mol. The van der Waals surface area contributed by atoms with Crippen LogP contribution in [0.2, 0.25) is 0 Å². The molecule has 0 spiro atoms. The molecule has 2 aromatic heterocycles. The zero-order valence-electron chi connectivity index (χ0n) is 13.6. The Hall–Kier alpha value is -3.44. The number of nitrogens with zero attached hydrogens (tertiary/aromatic N) is 6. The van der Waals surface area contributed by atoms with Crippen LogP contribution in [0.1, 0.15) is 6.92 Å². The molecule has 4 N–H and O–H groups in total. The maximum absolute atomic E-state index is 12.7. The Kier molecular flexibility index (Phi) is 3.66. The Morgan fingerprint density at radius 1 is 1.16 bits per heavy atom. The molecule has 1 aliphatic heterocycles. The van der Waals surface area contributed by atoms with E-state index in [4.69, 9.17) is 11.5 Å². The number of hydrogen-bond acceptors (Lipinski definition) is 7. The van der Waals surface area contributed by atoms with Crippen LogP contribution in [-0.4, -0.2) is 42.8 Å². The van der Waals surface area contributed by atoms with Crippen LogP contribution in [0.15, 0.2) is 14.7 Å². The number of aryl methyl sites for hydroxylation is 1. The highest BCUT2D eigenvalue weighted by Gasteiger charge is 2.27. The van der Waals surface area contributed by atoms with Crippen LogP contribution in [0.25, 0.3) is 11.2 Å². The second-order valence-electron chi connectivity index (χ2n) is 5.73. The standard InChI is InChI=1S/C13H16N8O4/c1-6-3-19-9-10(16-12(19)21(17-6)5-8(15)23)18(2)13(25)20(11(9)24)4-7(14)22/h3-5H2,1-2H3,(H2,14,22)(H2,15,23). The summed E-state index contributed by atoms with van der Waals surface area (Å²) < 4.78 is 3.42. The molecule has 0 fully saturated rings. The molecule has 12 heteroatoms. The fourth-order valence-corrected chi connectivity index (χ4v) is 2.77. The molecule has 0 atom stereocenters. The molecule has 0 unspecified atom stereocenters. The zero-order chi connectivity index (χ0) is 18.5. The van der Waals surface area contributed by atoms with E-state index < -0.39 is 29.6 Å². The van der Waals surface area contributed by atoms with Crippen molar-refractivity contribution in [3.8, 4) is 0 Å². The van der Waals surface area contributed by atoms with E-state index in [2.05, 4.69) is 10.1 Å². The number of primary amides is 2. The van der Waals surface area contributed by atoms with Crippen LogP contribution in [-0.2, 0) is 29.7 Å². The number of nitrogens with two attached hydrogens (primary N) is 2. The van der Waals surface area contributed by atoms with Crippen LogP contribution in [0, 0.1) is 0 Å². The predicted molar refractivity (Wildman–Crippen MR) is 88.1 cm³/mol. The van der Waals surface area contributed by atoms with Crippen molar-refractivity contribution in [1.29, 1.82) is 0 Å². The number of carbonyl (C=O) groups is 2. The highest BCUT2D eigenvalue weighted by molar-refractivity contribution is 5.89. The van der Waals surface area contributed by atoms with Gasteiger partial charge in [0.2, 0.25) is 17.8 Å². The van der Waals surface area contributed by atoms with Crippen LogP contribution in [0.5, 0.6) is 0 Å². The molecule has 25 heavy (non-hydrogen) atoms. The van der Waals surface area contributed by atoms with Gasteiger partial charge < -0.3 is 11.5 Å². The maximum Gasteiger partial charge on any atom is 0.332 e. The third-order valence-corrected chi connectivity index (χ3v) is 3.74. The van der Waals surface area contributed by atoms with E-state index in [1.54, 1.807) is 6.92 Å². The minimum Gasteiger partial charge on any atom is -0.368 e. The minimum absolute atomic E-state index is 0.113. The zero-order valence-corrected chi connectivity index (χ0v) is 13.6. The molecule has 0 radical (unpaired) electrons. The summed E-state index contributed by atoms with van der Waals surface area (Å²) in [5, 5.41) is 5.47. The molecule has 0 aliphatic carbocycles. The molecule has 2 aromatic rings. The molecule has 0 saturated heterocycles. The van der Waals surface area contributed by atoms with Crippen molar-refractivity contribution in [2.45, 2.75) is 20.0 Å². The number of aromatic nitrogens is 4. The summed E-state index contributed by atoms with van der Waals surface area (Å²) in [5.41, 5.74) is 9.78. The molecule has 0 saturated carbocycles. The molecule has 0 bridgehead atoms. The average Bonchev–Trinajstić information content (AvgIpc) is 2.88. The summed E-state index contributed by atoms with van der Waals surface area (Å²) in [6.07, 6.45) is 0. The van der Waals surface area contributed by atoms with Gasteiger partial charge in [-0.2, -0.15) is 10.1 Å². The first kappa shape index (κ1) is 16.4. The van der Waals surface area contributed by atoms with Gasteiger partial charge in [-0.05, 0) is 6.92 Å². The van der Waals surface area contributed by atoms with Crippen molar-refractivity contribution in [3.05, 3.63) is 20.8 Å². The molecule has 132 valence electrons. The third kappa shape index (κ3) is 2.56. The normalized spacial score (nSPS) is 13.7. The lowest BCUT2D eigenvalue weighted by molar-refractivity contribution is -0.119. The number of hydrogen-bond donors (Lipinski definition) is 2. The molecule has 2 amide bonds. The molecule has 3 heterocycles. The summed E-state index contributed by atoms with van der Waals surface area (Å²) in [7, 11) is 1.42. The maximum atomic E-state index is 12.7. The highest BCUT2D eigenvalue weighted by Crippen LogP contribution is 2.23. The fraction of sp³-hybridized carbons (Fsp3) is 0.385. The van der Waals surface area contributed by atoms with E-state index in [9.17, 15) is 19.2 Å². The van der Waals surface area contributed by atoms with Crippen molar-refractivity contribution in [2.24, 2.45) is 23.6 Å². The Bertz CT molecular complexity index is 1060. The quantitative estimate of drug-likeness (QED) is 0.600. The largest absolute Gasteiger partial charge is 0.368 e. The van der Waals surface area contributed by atoms with E-state index in [1.165, 1.54) is 16.6 Å². The lowest BCUT2D eigenvalue weighted by Crippen LogP contribution is -2.43. The van der Waals surface area contributed by atoms with Crippen molar-refractivity contribution in [3.63, 3.8) is 0 Å². The summed E-state index contributed by atoms with van der Waals surface area (Å²) in [6.45, 7) is 1.18. The molecule has 0 aromatic carbocycles. The summed E-state index contributed by atoms with van der Waals surface area (Å²) in [4.78, 5) is 51.8. The van der Waals surface area contributed by atoms with Crippen molar-refractivity contribution < 1.29 is 9.59 Å². The van der Waals surface area contributed by atoms with Crippen molar-refractivity contribution in [1.82, 2.24) is 18.7 Å². The fourth-order valence-electron chi connectivity index (χ4n) is 2.77. The van der Waals surface area contributed by atoms with Gasteiger partial charge in [-0.1, -0.05) is 0 Å². The Morgan fingerprint density at radius 3 is 2.40 bits per heavy atom. The van der Waals surface area contributed by atoms with Gasteiger partial charge >= 0.3 is 5.69 Å². The van der Waals surface area contributed by atoms with Crippen molar-refractivity contribution >= 4 is 34.6 Å². The topological polar surface area (TPSA) is 164 Å². The van der Waals surface area contributed by atoms with E-state index >= 15 is 0 Å². The number of anilines is 1. The molecular weight excluding hydrogens is 332 g/mol. The predicted octanol–water partition coefficient (Wildman–Crippen LogP) is -2.94. The van der Waals surface area contributed by atoms with Gasteiger partial charge in [0.15, 0.2) is 11.2 Å². The minimum atomic E-state index is -0.815. The van der Waals surface area contributed by atoms with Gasteiger partial charge in [-0.15, -0.1) is 0 Å². The summed E-state index contributed by atoms with van der Waals surface area (Å²) >= 11 is 0. The molecule has 3 rings (SSSR count). The third-order valence-electron chi connectivity index (χ3n) is 3.74. The van der Waals surface area contributed by atoms with Crippen LogP contribution in [0.4, 0.5) is 5.95 Å². The Morgan fingerprint density at radius 2 is 1.80 bits per heavy atom. The number of carbonyl (C=O) groups excluding carboxylic acids is 2. The smallest absolute Gasteiger partial charge is 0.332 e. The highest BCUT2D eigenvalue weighted by atomic mass is 16.2. The van der Waals surface area contributed by atoms with Gasteiger partial charge in [0.1, 0.15) is 13.1 Å². The molecule has 1 aliphatic rings. The number of imidazole rings is 1. The van der Waals surface area contributed by atoms with E-state index in [1.807, 2.05) is 0 Å². The SMILES string of the molecule is CC1=NN(CC(N)=O)c2nc3c(c(=O)n(CC(N)=O)c(=O)n3C)n2C1. The summed E-state index contributed by atoms with van der Waals surface area (Å²) in [5.74, 6) is -1.23. The van der Waals surface area contributed by atoms with Gasteiger partial charge in [0.05, 0.1) is 12.3 Å². The van der Waals surface area contributed by atoms with E-state index in [0.29, 0.717) is 5.71 Å². The number of hydrazone groups is 1. The lowest BCUT2D eigenvalue weighted by Gasteiger charge is -2.23. The van der Waals surface area contributed by atoms with Gasteiger partial charge in [0, 0.05) is 7.05 Å². The van der Waals surface area contributed by atoms with Crippen LogP contribution in [0.3, 0.4) is 0 Å². The first-order valence-electron chi connectivity index (χ1n) is 7.29. The van der Waals surface area contributed by atoms with Gasteiger partial charge in [0.25, 0.3) is 5.56 Å². The number of amides is 2. The second kappa shape index (κ2) is 5.58. The second-order valence-corrected chi connectivity index (χ2v) is 5.73. The number of rotatable bonds is 4. The number of fused-ring (bicyclic) bond motifs is 3. The first-order valence-corrected chi connectivity index (χ1v) is 7.29. The van der Waals surface area contributed by atoms with Crippen LogP contribution < -0.4 is 27.7 Å². The monoisotopic (exact) mass is 348 g/mol. The van der Waals surface area contributed by atoms with Crippen molar-refractivity contribution in [2.75, 3.05) is 11.6 Å². The summed E-state index contributed by atoms with van der Waals surface area (Å²) in [6, 6.07) is 0. The van der Waals surface area contributed by atoms with Crippen LogP contribution >= 0.6 is 0 Å². The Balaban J connectivity index is 2.34. The van der Waals surface area contributed by atoms with E-state index in [0.717, 1.165) is 9.13 Å². The molecular formula is C13H16N8O4. The Labute approximate surface area is 139 Å². The lowest BCUT2D eigenvalue weighted by atomic mass is 10.3. The first-order chi connectivity index (χ1) is 11.7. The van der Waals surface area contributed by atoms with E-state index in [-0.39, 0.29) is 30.2 Å². The van der Waals surface area contributed by atoms with Gasteiger partial charge in [-0.3, -0.25) is 23.5 Å².